The molecule has 0 saturated heterocycles. The molecule has 1 aromatic rings. The summed E-state index contributed by atoms with van der Waals surface area (Å²) in [5.74, 6) is -2.71. The van der Waals surface area contributed by atoms with Crippen LogP contribution in [0.5, 0.6) is 0 Å². The first-order chi connectivity index (χ1) is 14.5. The summed E-state index contributed by atoms with van der Waals surface area (Å²) in [6, 6.07) is -1.25. The highest BCUT2D eigenvalue weighted by Crippen LogP contribution is 2.13. The third kappa shape index (κ3) is 10.1. The van der Waals surface area contributed by atoms with E-state index in [2.05, 4.69) is 9.73 Å². The molecule has 13 heteroatoms. The van der Waals surface area contributed by atoms with E-state index in [-0.39, 0.29) is 23.9 Å². The Balaban J connectivity index is 2.56. The second-order valence-corrected chi connectivity index (χ2v) is 7.59. The zero-order valence-corrected chi connectivity index (χ0v) is 18.6. The molecule has 1 heterocycles. The van der Waals surface area contributed by atoms with Gasteiger partial charge in [-0.15, -0.1) is 0 Å². The molecule has 1 rings (SSSR count). The van der Waals surface area contributed by atoms with Crippen LogP contribution < -0.4 is 11.1 Å². The van der Waals surface area contributed by atoms with Crippen molar-refractivity contribution in [2.24, 2.45) is 5.92 Å². The average Bonchev–Trinajstić information content (AvgIpc) is 2.99. The molecule has 1 aromatic heterocycles. The molecule has 174 valence electrons. The lowest BCUT2D eigenvalue weighted by Gasteiger charge is -2.18. The molecule has 0 aliphatic carbocycles. The molecular formula is C18H25NO11S. The molecule has 1 atom stereocenters. The van der Waals surface area contributed by atoms with Gasteiger partial charge in [-0.3, -0.25) is 4.79 Å². The number of nitrogens with one attached hydrogen (secondary N) is 1. The fraction of sp³-hybridized carbons (Fsp3) is 0.611. The van der Waals surface area contributed by atoms with Gasteiger partial charge in [-0.05, 0) is 32.5 Å². The number of hydrogen-bond donors (Lipinski definition) is 1. The van der Waals surface area contributed by atoms with Gasteiger partial charge >= 0.3 is 29.2 Å². The zero-order chi connectivity index (χ0) is 23.6. The van der Waals surface area contributed by atoms with Crippen molar-refractivity contribution in [2.45, 2.75) is 53.4 Å². The van der Waals surface area contributed by atoms with Crippen LogP contribution in [-0.4, -0.2) is 48.0 Å². The molecule has 0 radical (unpaired) electrons. The number of amides is 1. The lowest BCUT2D eigenvalue weighted by atomic mass is 10.2. The van der Waals surface area contributed by atoms with Crippen molar-refractivity contribution in [3.63, 3.8) is 0 Å². The smallest absolute Gasteiger partial charge is 0.461 e. The number of aryl methyl sites for hydroxylation is 1. The van der Waals surface area contributed by atoms with E-state index in [0.29, 0.717) is 11.8 Å². The van der Waals surface area contributed by atoms with Crippen molar-refractivity contribution in [1.82, 2.24) is 5.32 Å². The monoisotopic (exact) mass is 463 g/mol. The predicted octanol–water partition coefficient (Wildman–Crippen LogP) is 2.11. The van der Waals surface area contributed by atoms with Gasteiger partial charge in [0.25, 0.3) is 0 Å². The van der Waals surface area contributed by atoms with Gasteiger partial charge in [0.1, 0.15) is 6.04 Å². The minimum Gasteiger partial charge on any atom is -0.461 e. The van der Waals surface area contributed by atoms with Gasteiger partial charge < -0.3 is 33.1 Å². The molecule has 0 fully saturated rings. The minimum atomic E-state index is -1.25. The molecule has 0 aliphatic rings. The van der Waals surface area contributed by atoms with Crippen LogP contribution in [0.1, 0.15) is 39.2 Å². The summed E-state index contributed by atoms with van der Waals surface area (Å²) in [7, 11) is 0. The van der Waals surface area contributed by atoms with E-state index in [1.54, 1.807) is 27.7 Å². The van der Waals surface area contributed by atoms with Gasteiger partial charge in [0.05, 0.1) is 12.0 Å². The topological polar surface area (TPSA) is 161 Å². The van der Waals surface area contributed by atoms with Gasteiger partial charge in [0.2, 0.25) is 6.79 Å². The Hall–Kier alpha value is -2.96. The maximum Gasteiger partial charge on any atom is 0.519 e. The SMILES string of the molecule is Cc1oc(=O)oc1COC(=O)SC[C@H](NC(=O)OCOC(=O)C(C)C)C(=O)OC(C)C. The second kappa shape index (κ2) is 12.7. The molecule has 12 nitrogen and oxygen atoms in total. The van der Waals surface area contributed by atoms with Gasteiger partial charge in [-0.25, -0.2) is 19.2 Å². The highest BCUT2D eigenvalue weighted by Gasteiger charge is 2.26. The Morgan fingerprint density at radius 1 is 1.00 bits per heavy atom. The Labute approximate surface area is 181 Å². The van der Waals surface area contributed by atoms with Crippen molar-refractivity contribution in [1.29, 1.82) is 0 Å². The summed E-state index contributed by atoms with van der Waals surface area (Å²) in [5.41, 5.74) is 0. The first-order valence-electron chi connectivity index (χ1n) is 9.19. The molecule has 0 bridgehead atoms. The molecule has 0 spiro atoms. The van der Waals surface area contributed by atoms with E-state index in [1.807, 2.05) is 0 Å². The maximum absolute atomic E-state index is 12.2. The molecule has 1 N–H and O–H groups in total. The zero-order valence-electron chi connectivity index (χ0n) is 17.8. The first kappa shape index (κ1) is 26.1. The summed E-state index contributed by atoms with van der Waals surface area (Å²) in [5, 5.41) is 1.44. The lowest BCUT2D eigenvalue weighted by molar-refractivity contribution is -0.156. The van der Waals surface area contributed by atoms with E-state index in [0.717, 1.165) is 0 Å². The summed E-state index contributed by atoms with van der Waals surface area (Å²) >= 11 is 0.578. The lowest BCUT2D eigenvalue weighted by Crippen LogP contribution is -2.45. The quantitative estimate of drug-likeness (QED) is 0.306. The Morgan fingerprint density at radius 2 is 1.68 bits per heavy atom. The van der Waals surface area contributed by atoms with Crippen molar-refractivity contribution in [2.75, 3.05) is 12.5 Å². The minimum absolute atomic E-state index is 0.0485. The number of rotatable bonds is 10. The van der Waals surface area contributed by atoms with Crippen LogP contribution >= 0.6 is 11.8 Å². The molecule has 31 heavy (non-hydrogen) atoms. The number of esters is 2. The summed E-state index contributed by atoms with van der Waals surface area (Å²) in [6.45, 7) is 6.92. The van der Waals surface area contributed by atoms with Crippen LogP contribution in [0.4, 0.5) is 9.59 Å². The van der Waals surface area contributed by atoms with Crippen LogP contribution in [0, 0.1) is 12.8 Å². The highest BCUT2D eigenvalue weighted by molar-refractivity contribution is 8.13. The molecule has 0 aromatic carbocycles. The number of carbonyl (C=O) groups excluding carboxylic acids is 4. The van der Waals surface area contributed by atoms with Crippen LogP contribution in [-0.2, 0) is 35.1 Å². The van der Waals surface area contributed by atoms with Crippen LogP contribution in [0.15, 0.2) is 13.6 Å². The molecule has 0 aliphatic heterocycles. The number of alkyl carbamates (subject to hydrolysis) is 1. The normalized spacial score (nSPS) is 11.7. The number of carbonyl (C=O) groups is 4. The average molecular weight is 463 g/mol. The van der Waals surface area contributed by atoms with Crippen molar-refractivity contribution < 1.29 is 47.0 Å². The summed E-state index contributed by atoms with van der Waals surface area (Å²) in [6.07, 6.45) is -1.52. The molecule has 0 unspecified atom stereocenters. The molecule has 0 saturated carbocycles. The fourth-order valence-electron chi connectivity index (χ4n) is 1.80. The van der Waals surface area contributed by atoms with E-state index in [1.165, 1.54) is 6.92 Å². The van der Waals surface area contributed by atoms with E-state index in [4.69, 9.17) is 23.4 Å². The van der Waals surface area contributed by atoms with E-state index < -0.39 is 54.0 Å². The predicted molar refractivity (Wildman–Crippen MR) is 105 cm³/mol. The second-order valence-electron chi connectivity index (χ2n) is 6.63. The third-order valence-corrected chi connectivity index (χ3v) is 4.17. The Morgan fingerprint density at radius 3 is 2.23 bits per heavy atom. The van der Waals surface area contributed by atoms with E-state index >= 15 is 0 Å². The number of hydrogen-bond acceptors (Lipinski definition) is 12. The summed E-state index contributed by atoms with van der Waals surface area (Å²) < 4.78 is 28.7. The van der Waals surface area contributed by atoms with Crippen molar-refractivity contribution in [3.05, 3.63) is 22.1 Å². The number of ether oxygens (including phenoxy) is 4. The Kier molecular flexibility index (Phi) is 10.7. The fourth-order valence-corrected chi connectivity index (χ4v) is 2.46. The standard InChI is InChI=1S/C18H25NO11S/c1-9(2)14(20)26-8-27-16(22)19-12(15(21)28-10(3)4)7-31-18(24)25-6-13-11(5)29-17(23)30-13/h9-10,12H,6-8H2,1-5H3,(H,19,22)/t12-/m0/s1. The molecular weight excluding hydrogens is 438 g/mol. The Bertz CT molecular complexity index is 827. The maximum atomic E-state index is 12.2. The number of thioether (sulfide) groups is 1. The largest absolute Gasteiger partial charge is 0.519 e. The van der Waals surface area contributed by atoms with Crippen LogP contribution in [0.25, 0.3) is 0 Å². The van der Waals surface area contributed by atoms with Gasteiger partial charge in [0, 0.05) is 5.75 Å². The third-order valence-electron chi connectivity index (χ3n) is 3.32. The van der Waals surface area contributed by atoms with E-state index in [9.17, 15) is 24.0 Å². The summed E-state index contributed by atoms with van der Waals surface area (Å²) in [4.78, 5) is 58.3. The van der Waals surface area contributed by atoms with Crippen LogP contribution in [0.3, 0.4) is 0 Å². The van der Waals surface area contributed by atoms with Gasteiger partial charge in [0.15, 0.2) is 18.1 Å². The highest BCUT2D eigenvalue weighted by atomic mass is 32.2. The molecule has 1 amide bonds. The van der Waals surface area contributed by atoms with Crippen LogP contribution in [0.2, 0.25) is 0 Å². The van der Waals surface area contributed by atoms with Gasteiger partial charge in [-0.2, -0.15) is 0 Å². The first-order valence-corrected chi connectivity index (χ1v) is 10.2. The van der Waals surface area contributed by atoms with Crippen molar-refractivity contribution >= 4 is 35.1 Å². The van der Waals surface area contributed by atoms with Crippen molar-refractivity contribution in [3.8, 4) is 0 Å². The van der Waals surface area contributed by atoms with Gasteiger partial charge in [-0.1, -0.05) is 13.8 Å².